The van der Waals surface area contributed by atoms with Crippen LogP contribution in [-0.2, 0) is 6.42 Å². The van der Waals surface area contributed by atoms with E-state index in [1.165, 1.54) is 12.5 Å². The van der Waals surface area contributed by atoms with Crippen LogP contribution in [0.3, 0.4) is 0 Å². The molecule has 1 aliphatic rings. The van der Waals surface area contributed by atoms with Gasteiger partial charge in [0.2, 0.25) is 0 Å². The molecule has 1 aliphatic heterocycles. The average Bonchev–Trinajstić information content (AvgIpc) is 2.80. The van der Waals surface area contributed by atoms with E-state index in [-0.39, 0.29) is 17.2 Å². The van der Waals surface area contributed by atoms with Crippen LogP contribution in [0.15, 0.2) is 57.7 Å². The van der Waals surface area contributed by atoms with Crippen molar-refractivity contribution < 1.29 is 9.21 Å². The number of carbonyl (C=O) groups is 1. The predicted molar refractivity (Wildman–Crippen MR) is 124 cm³/mol. The Labute approximate surface area is 187 Å². The Morgan fingerprint density at radius 3 is 2.65 bits per heavy atom. The summed E-state index contributed by atoms with van der Waals surface area (Å²) in [4.78, 5) is 27.8. The number of amides is 1. The highest BCUT2D eigenvalue weighted by molar-refractivity contribution is 6.31. The fourth-order valence-electron chi connectivity index (χ4n) is 4.22. The summed E-state index contributed by atoms with van der Waals surface area (Å²) >= 11 is 6.48. The van der Waals surface area contributed by atoms with E-state index in [0.29, 0.717) is 22.5 Å². The molecule has 4 rings (SSSR count). The molecular weight excluding hydrogens is 412 g/mol. The summed E-state index contributed by atoms with van der Waals surface area (Å²) in [6.45, 7) is 4.36. The van der Waals surface area contributed by atoms with Crippen molar-refractivity contribution in [2.45, 2.75) is 38.6 Å². The Morgan fingerprint density at radius 2 is 1.90 bits per heavy atom. The zero-order valence-electron chi connectivity index (χ0n) is 17.7. The van der Waals surface area contributed by atoms with E-state index in [2.05, 4.69) is 10.2 Å². The molecule has 0 unspecified atom stereocenters. The van der Waals surface area contributed by atoms with Crippen LogP contribution in [0.4, 0.5) is 0 Å². The number of aryl methyl sites for hydroxylation is 1. The van der Waals surface area contributed by atoms with E-state index < -0.39 is 5.91 Å². The van der Waals surface area contributed by atoms with E-state index >= 15 is 0 Å². The zero-order chi connectivity index (χ0) is 21.8. The molecule has 0 spiro atoms. The largest absolute Gasteiger partial charge is 0.451 e. The van der Waals surface area contributed by atoms with Crippen molar-refractivity contribution in [1.29, 1.82) is 0 Å². The minimum absolute atomic E-state index is 0.0262. The Balaban J connectivity index is 1.56. The van der Waals surface area contributed by atoms with Crippen molar-refractivity contribution in [1.82, 2.24) is 10.2 Å². The molecule has 1 amide bonds. The van der Waals surface area contributed by atoms with Crippen LogP contribution in [0.2, 0.25) is 5.02 Å². The third-order valence-corrected chi connectivity index (χ3v) is 6.32. The summed E-state index contributed by atoms with van der Waals surface area (Å²) in [5.74, 6) is -0.370. The van der Waals surface area contributed by atoms with Crippen molar-refractivity contribution in [3.05, 3.63) is 80.7 Å². The number of benzene rings is 2. The Bertz CT molecular complexity index is 1140. The van der Waals surface area contributed by atoms with Gasteiger partial charge in [0.1, 0.15) is 5.58 Å². The van der Waals surface area contributed by atoms with Gasteiger partial charge in [-0.05, 0) is 61.7 Å². The van der Waals surface area contributed by atoms with Gasteiger partial charge >= 0.3 is 0 Å². The third-order valence-electron chi connectivity index (χ3n) is 5.98. The van der Waals surface area contributed by atoms with Crippen molar-refractivity contribution in [2.75, 3.05) is 19.6 Å². The lowest BCUT2D eigenvalue weighted by Gasteiger charge is -2.35. The van der Waals surface area contributed by atoms with Gasteiger partial charge in [-0.15, -0.1) is 0 Å². The first-order valence-corrected chi connectivity index (χ1v) is 11.3. The molecule has 3 aromatic rings. The van der Waals surface area contributed by atoms with E-state index in [0.717, 1.165) is 43.5 Å². The molecule has 162 valence electrons. The molecule has 1 atom stereocenters. The van der Waals surface area contributed by atoms with Crippen molar-refractivity contribution in [3.8, 4) is 0 Å². The smallest absolute Gasteiger partial charge is 0.287 e. The second-order valence-corrected chi connectivity index (χ2v) is 8.41. The molecule has 0 radical (unpaired) electrons. The number of nitrogens with one attached hydrogen (secondary N) is 1. The van der Waals surface area contributed by atoms with E-state index in [1.54, 1.807) is 6.07 Å². The fraction of sp³-hybridized carbons (Fsp3) is 0.360. The Hall–Kier alpha value is -2.63. The lowest BCUT2D eigenvalue weighted by molar-refractivity contribution is 0.0897. The van der Waals surface area contributed by atoms with Gasteiger partial charge in [-0.1, -0.05) is 49.2 Å². The molecule has 31 heavy (non-hydrogen) atoms. The van der Waals surface area contributed by atoms with Gasteiger partial charge in [-0.2, -0.15) is 0 Å². The molecule has 1 saturated heterocycles. The molecule has 1 aromatic heterocycles. The van der Waals surface area contributed by atoms with Gasteiger partial charge < -0.3 is 9.73 Å². The van der Waals surface area contributed by atoms with Gasteiger partial charge in [0.05, 0.1) is 11.4 Å². The standard InChI is InChI=1S/C25H27ClN2O3/c1-2-17-10-11-23-19(14-17)22(29)15-24(31-23)25(30)27-16-21(28-12-6-3-7-13-28)18-8-4-5-9-20(18)26/h4-5,8-11,14-15,21H,2-3,6-7,12-13,16H2,1H3,(H,27,30)/t21-/m1/s1. The van der Waals surface area contributed by atoms with Crippen molar-refractivity contribution in [3.63, 3.8) is 0 Å². The maximum absolute atomic E-state index is 12.9. The maximum Gasteiger partial charge on any atom is 0.287 e. The van der Waals surface area contributed by atoms with Gasteiger partial charge in [-0.25, -0.2) is 0 Å². The Kier molecular flexibility index (Phi) is 6.73. The lowest BCUT2D eigenvalue weighted by atomic mass is 10.0. The lowest BCUT2D eigenvalue weighted by Crippen LogP contribution is -2.40. The highest BCUT2D eigenvalue weighted by atomic mass is 35.5. The van der Waals surface area contributed by atoms with Crippen LogP contribution in [0.25, 0.3) is 11.0 Å². The molecule has 0 saturated carbocycles. The van der Waals surface area contributed by atoms with Crippen molar-refractivity contribution in [2.24, 2.45) is 0 Å². The molecular formula is C25H27ClN2O3. The van der Waals surface area contributed by atoms with Crippen LogP contribution in [0.5, 0.6) is 0 Å². The number of likely N-dealkylation sites (tertiary alicyclic amines) is 1. The summed E-state index contributed by atoms with van der Waals surface area (Å²) in [7, 11) is 0. The highest BCUT2D eigenvalue weighted by Gasteiger charge is 2.25. The summed E-state index contributed by atoms with van der Waals surface area (Å²) < 4.78 is 5.76. The van der Waals surface area contributed by atoms with Crippen LogP contribution in [0, 0.1) is 0 Å². The first kappa shape index (κ1) is 21.6. The number of hydrogen-bond donors (Lipinski definition) is 1. The van der Waals surface area contributed by atoms with Crippen molar-refractivity contribution >= 4 is 28.5 Å². The molecule has 2 aromatic carbocycles. The average molecular weight is 439 g/mol. The summed E-state index contributed by atoms with van der Waals surface area (Å²) in [5.41, 5.74) is 2.27. The third kappa shape index (κ3) is 4.83. The van der Waals surface area contributed by atoms with Crippen LogP contribution < -0.4 is 10.7 Å². The van der Waals surface area contributed by atoms with Crippen LogP contribution in [-0.4, -0.2) is 30.4 Å². The first-order valence-electron chi connectivity index (χ1n) is 10.9. The molecule has 2 heterocycles. The second-order valence-electron chi connectivity index (χ2n) is 8.00. The van der Waals surface area contributed by atoms with Crippen LogP contribution in [0.1, 0.15) is 53.9 Å². The summed E-state index contributed by atoms with van der Waals surface area (Å²) in [5, 5.41) is 4.15. The van der Waals surface area contributed by atoms with E-state index in [1.807, 2.05) is 43.3 Å². The quantitative estimate of drug-likeness (QED) is 0.590. The molecule has 1 N–H and O–H groups in total. The fourth-order valence-corrected chi connectivity index (χ4v) is 4.48. The number of halogens is 1. The molecule has 0 bridgehead atoms. The molecule has 5 nitrogen and oxygen atoms in total. The number of rotatable bonds is 6. The summed E-state index contributed by atoms with van der Waals surface area (Å²) in [6.07, 6.45) is 4.32. The maximum atomic E-state index is 12.9. The predicted octanol–water partition coefficient (Wildman–Crippen LogP) is 4.97. The number of nitrogens with zero attached hydrogens (tertiary/aromatic N) is 1. The zero-order valence-corrected chi connectivity index (χ0v) is 18.5. The minimum Gasteiger partial charge on any atom is -0.451 e. The topological polar surface area (TPSA) is 62.6 Å². The van der Waals surface area contributed by atoms with Gasteiger partial charge in [0.15, 0.2) is 11.2 Å². The van der Waals surface area contributed by atoms with Gasteiger partial charge in [0, 0.05) is 17.6 Å². The number of fused-ring (bicyclic) bond motifs is 1. The van der Waals surface area contributed by atoms with Gasteiger partial charge in [-0.3, -0.25) is 14.5 Å². The van der Waals surface area contributed by atoms with E-state index in [9.17, 15) is 9.59 Å². The molecule has 0 aliphatic carbocycles. The molecule has 1 fully saturated rings. The van der Waals surface area contributed by atoms with Crippen LogP contribution >= 0.6 is 11.6 Å². The minimum atomic E-state index is -0.396. The normalized spacial score (nSPS) is 15.7. The SMILES string of the molecule is CCc1ccc2oc(C(=O)NC[C@H](c3ccccc3Cl)N3CCCCC3)cc(=O)c2c1. The number of carbonyl (C=O) groups excluding carboxylic acids is 1. The van der Waals surface area contributed by atoms with Gasteiger partial charge in [0.25, 0.3) is 5.91 Å². The second kappa shape index (κ2) is 9.67. The number of hydrogen-bond acceptors (Lipinski definition) is 4. The first-order chi connectivity index (χ1) is 15.1. The molecule has 6 heteroatoms. The van der Waals surface area contributed by atoms with E-state index in [4.69, 9.17) is 16.0 Å². The number of piperidine rings is 1. The Morgan fingerprint density at radius 1 is 1.13 bits per heavy atom. The highest BCUT2D eigenvalue weighted by Crippen LogP contribution is 2.29. The monoisotopic (exact) mass is 438 g/mol. The summed E-state index contributed by atoms with van der Waals surface area (Å²) in [6, 6.07) is 14.5.